The van der Waals surface area contributed by atoms with Crippen LogP contribution in [0.2, 0.25) is 10.0 Å². The molecule has 1 fully saturated rings. The van der Waals surface area contributed by atoms with Gasteiger partial charge in [-0.05, 0) is 39.1 Å². The molecule has 1 heterocycles. The zero-order chi connectivity index (χ0) is 12.4. The van der Waals surface area contributed by atoms with E-state index >= 15 is 0 Å². The van der Waals surface area contributed by atoms with Crippen LogP contribution in [-0.4, -0.2) is 38.1 Å². The minimum Gasteiger partial charge on any atom is -0.369 e. The minimum absolute atomic E-state index is 0.674. The standard InChI is InChI=1S/C13H18Cl2N2/c1-16(2)10-6-8-17(9-7-10)13-11(14)4-3-5-12(13)15/h3-5,10H,6-9H2,1-2H3. The molecular formula is C13H18Cl2N2. The normalized spacial score (nSPS) is 17.8. The van der Waals surface area contributed by atoms with Crippen molar-refractivity contribution in [1.29, 1.82) is 0 Å². The summed E-state index contributed by atoms with van der Waals surface area (Å²) >= 11 is 12.5. The Morgan fingerprint density at radius 2 is 1.65 bits per heavy atom. The van der Waals surface area contributed by atoms with E-state index in [2.05, 4.69) is 23.9 Å². The van der Waals surface area contributed by atoms with Crippen LogP contribution in [0.15, 0.2) is 18.2 Å². The summed E-state index contributed by atoms with van der Waals surface area (Å²) in [5, 5.41) is 1.50. The van der Waals surface area contributed by atoms with Gasteiger partial charge in [0.05, 0.1) is 15.7 Å². The lowest BCUT2D eigenvalue weighted by Crippen LogP contribution is -2.42. The van der Waals surface area contributed by atoms with Gasteiger partial charge in [0.1, 0.15) is 0 Å². The number of nitrogens with zero attached hydrogens (tertiary/aromatic N) is 2. The van der Waals surface area contributed by atoms with Gasteiger partial charge < -0.3 is 9.80 Å². The highest BCUT2D eigenvalue weighted by Crippen LogP contribution is 2.35. The van der Waals surface area contributed by atoms with Gasteiger partial charge >= 0.3 is 0 Å². The van der Waals surface area contributed by atoms with E-state index in [4.69, 9.17) is 23.2 Å². The zero-order valence-electron chi connectivity index (χ0n) is 10.3. The molecule has 2 rings (SSSR count). The molecule has 4 heteroatoms. The highest BCUT2D eigenvalue weighted by atomic mass is 35.5. The van der Waals surface area contributed by atoms with E-state index in [-0.39, 0.29) is 0 Å². The van der Waals surface area contributed by atoms with Gasteiger partial charge in [-0.25, -0.2) is 0 Å². The first-order valence-corrected chi connectivity index (χ1v) is 6.70. The van der Waals surface area contributed by atoms with Crippen molar-refractivity contribution in [2.24, 2.45) is 0 Å². The van der Waals surface area contributed by atoms with Crippen molar-refractivity contribution in [3.63, 3.8) is 0 Å². The summed E-state index contributed by atoms with van der Waals surface area (Å²) in [7, 11) is 4.28. The molecule has 1 saturated heterocycles. The average molecular weight is 273 g/mol. The summed E-state index contributed by atoms with van der Waals surface area (Å²) in [6.07, 6.45) is 2.32. The minimum atomic E-state index is 0.674. The van der Waals surface area contributed by atoms with Crippen molar-refractivity contribution in [3.8, 4) is 0 Å². The van der Waals surface area contributed by atoms with Crippen LogP contribution >= 0.6 is 23.2 Å². The average Bonchev–Trinajstić information content (AvgIpc) is 2.29. The van der Waals surface area contributed by atoms with Gasteiger partial charge in [0.25, 0.3) is 0 Å². The van der Waals surface area contributed by atoms with Crippen LogP contribution in [0.25, 0.3) is 0 Å². The van der Waals surface area contributed by atoms with Crippen molar-refractivity contribution < 1.29 is 0 Å². The van der Waals surface area contributed by atoms with Gasteiger partial charge in [-0.2, -0.15) is 0 Å². The van der Waals surface area contributed by atoms with Gasteiger partial charge in [-0.1, -0.05) is 29.3 Å². The quantitative estimate of drug-likeness (QED) is 0.813. The molecule has 0 amide bonds. The Morgan fingerprint density at radius 1 is 1.12 bits per heavy atom. The zero-order valence-corrected chi connectivity index (χ0v) is 11.8. The summed E-state index contributed by atoms with van der Waals surface area (Å²) in [5.41, 5.74) is 0.994. The molecule has 0 atom stereocenters. The fourth-order valence-electron chi connectivity index (χ4n) is 2.40. The first kappa shape index (κ1) is 13.0. The fourth-order valence-corrected chi connectivity index (χ4v) is 3.03. The lowest BCUT2D eigenvalue weighted by molar-refractivity contribution is 0.249. The van der Waals surface area contributed by atoms with E-state index in [1.165, 1.54) is 0 Å². The molecular weight excluding hydrogens is 255 g/mol. The lowest BCUT2D eigenvalue weighted by atomic mass is 10.0. The third-order valence-corrected chi connectivity index (χ3v) is 4.06. The van der Waals surface area contributed by atoms with Crippen LogP contribution in [0.3, 0.4) is 0 Å². The summed E-state index contributed by atoms with van der Waals surface area (Å²) in [5.74, 6) is 0. The summed E-state index contributed by atoms with van der Waals surface area (Å²) in [6.45, 7) is 2.04. The van der Waals surface area contributed by atoms with Crippen LogP contribution < -0.4 is 4.90 Å². The number of piperidine rings is 1. The molecule has 0 unspecified atom stereocenters. The number of hydrogen-bond acceptors (Lipinski definition) is 2. The first-order valence-electron chi connectivity index (χ1n) is 5.95. The predicted octanol–water partition coefficient (Wildman–Crippen LogP) is 3.52. The van der Waals surface area contributed by atoms with E-state index in [1.54, 1.807) is 0 Å². The third-order valence-electron chi connectivity index (χ3n) is 3.45. The van der Waals surface area contributed by atoms with E-state index in [0.29, 0.717) is 6.04 Å². The number of para-hydroxylation sites is 1. The van der Waals surface area contributed by atoms with E-state index in [9.17, 15) is 0 Å². The predicted molar refractivity (Wildman–Crippen MR) is 75.4 cm³/mol. The molecule has 1 aromatic carbocycles. The molecule has 0 bridgehead atoms. The van der Waals surface area contributed by atoms with Crippen molar-refractivity contribution in [3.05, 3.63) is 28.2 Å². The maximum Gasteiger partial charge on any atom is 0.0744 e. The number of hydrogen-bond donors (Lipinski definition) is 0. The molecule has 1 aliphatic heterocycles. The molecule has 94 valence electrons. The Hall–Kier alpha value is -0.440. The molecule has 2 nitrogen and oxygen atoms in total. The Morgan fingerprint density at radius 3 is 2.12 bits per heavy atom. The second kappa shape index (κ2) is 5.47. The monoisotopic (exact) mass is 272 g/mol. The second-order valence-corrected chi connectivity index (χ2v) is 5.57. The largest absolute Gasteiger partial charge is 0.369 e. The molecule has 0 aromatic heterocycles. The van der Waals surface area contributed by atoms with E-state index in [1.807, 2.05) is 18.2 Å². The molecule has 1 aliphatic rings. The molecule has 0 radical (unpaired) electrons. The van der Waals surface area contributed by atoms with Crippen molar-refractivity contribution in [2.45, 2.75) is 18.9 Å². The highest BCUT2D eigenvalue weighted by Gasteiger charge is 2.23. The topological polar surface area (TPSA) is 6.48 Å². The summed E-state index contributed by atoms with van der Waals surface area (Å²) in [6, 6.07) is 6.37. The number of benzene rings is 1. The first-order chi connectivity index (χ1) is 8.09. The van der Waals surface area contributed by atoms with Crippen LogP contribution in [0.5, 0.6) is 0 Å². The molecule has 0 spiro atoms. The fraction of sp³-hybridized carbons (Fsp3) is 0.538. The third kappa shape index (κ3) is 2.87. The van der Waals surface area contributed by atoms with Crippen LogP contribution in [0.4, 0.5) is 5.69 Å². The molecule has 0 N–H and O–H groups in total. The Kier molecular flexibility index (Phi) is 4.18. The molecule has 0 aliphatic carbocycles. The summed E-state index contributed by atoms with van der Waals surface area (Å²) < 4.78 is 0. The number of halogens is 2. The SMILES string of the molecule is CN(C)C1CCN(c2c(Cl)cccc2Cl)CC1. The van der Waals surface area contributed by atoms with Crippen molar-refractivity contribution >= 4 is 28.9 Å². The Balaban J connectivity index is 2.11. The van der Waals surface area contributed by atoms with Crippen molar-refractivity contribution in [1.82, 2.24) is 4.90 Å². The van der Waals surface area contributed by atoms with E-state index in [0.717, 1.165) is 41.7 Å². The molecule has 17 heavy (non-hydrogen) atoms. The van der Waals surface area contributed by atoms with Gasteiger partial charge in [-0.15, -0.1) is 0 Å². The van der Waals surface area contributed by atoms with Gasteiger partial charge in [-0.3, -0.25) is 0 Å². The number of rotatable bonds is 2. The Bertz CT molecular complexity index is 365. The van der Waals surface area contributed by atoms with Crippen molar-refractivity contribution in [2.75, 3.05) is 32.1 Å². The maximum atomic E-state index is 6.23. The number of anilines is 1. The van der Waals surface area contributed by atoms with Crippen LogP contribution in [0, 0.1) is 0 Å². The smallest absolute Gasteiger partial charge is 0.0744 e. The molecule has 0 saturated carbocycles. The van der Waals surface area contributed by atoms with Gasteiger partial charge in [0.2, 0.25) is 0 Å². The highest BCUT2D eigenvalue weighted by molar-refractivity contribution is 6.39. The second-order valence-electron chi connectivity index (χ2n) is 4.75. The molecule has 1 aromatic rings. The van der Waals surface area contributed by atoms with Gasteiger partial charge in [0.15, 0.2) is 0 Å². The van der Waals surface area contributed by atoms with E-state index < -0.39 is 0 Å². The van der Waals surface area contributed by atoms with Crippen LogP contribution in [0.1, 0.15) is 12.8 Å². The summed E-state index contributed by atoms with van der Waals surface area (Å²) in [4.78, 5) is 4.59. The maximum absolute atomic E-state index is 6.23. The van der Waals surface area contributed by atoms with Gasteiger partial charge in [0, 0.05) is 19.1 Å². The Labute approximate surface area is 113 Å². The van der Waals surface area contributed by atoms with Crippen LogP contribution in [-0.2, 0) is 0 Å². The lowest BCUT2D eigenvalue weighted by Gasteiger charge is -2.37.